The number of carbonyl (C=O) groups is 2. The van der Waals surface area contributed by atoms with Gasteiger partial charge in [0.2, 0.25) is 5.91 Å². The number of methoxy groups -OCH3 is 1. The molecule has 3 rings (SSSR count). The number of carbonyl (C=O) groups excluding carboxylic acids is 2. The third-order valence-corrected chi connectivity index (χ3v) is 4.90. The van der Waals surface area contributed by atoms with Crippen molar-refractivity contribution in [3.8, 4) is 0 Å². The lowest BCUT2D eigenvalue weighted by Gasteiger charge is -2.25. The summed E-state index contributed by atoms with van der Waals surface area (Å²) in [6.07, 6.45) is -1.77. The molecule has 0 spiro atoms. The van der Waals surface area contributed by atoms with E-state index in [1.54, 1.807) is 29.0 Å². The highest BCUT2D eigenvalue weighted by Crippen LogP contribution is 2.31. The second-order valence-corrected chi connectivity index (χ2v) is 7.17. The van der Waals surface area contributed by atoms with Gasteiger partial charge in [-0.3, -0.25) is 14.8 Å². The number of amides is 3. The van der Waals surface area contributed by atoms with Crippen molar-refractivity contribution in [2.75, 3.05) is 32.1 Å². The standard InChI is InChI=1S/C20H24F3N5O3/c1-31-11-10-28-9-7-17(26-28)25-19(30)24-16(13-27-8-3-6-18(27)29)14-4-2-5-15(12-14)20(21,22)23/h2,4-5,7,9,12,16H,3,6,8,10-11,13H2,1H3,(H2,24,25,26,30). The smallest absolute Gasteiger partial charge is 0.383 e. The van der Waals surface area contributed by atoms with Crippen molar-refractivity contribution in [1.29, 1.82) is 0 Å². The molecule has 0 radical (unpaired) electrons. The maximum Gasteiger partial charge on any atom is 0.416 e. The number of hydrogen-bond acceptors (Lipinski definition) is 4. The highest BCUT2D eigenvalue weighted by atomic mass is 19.4. The Morgan fingerprint density at radius 3 is 2.81 bits per heavy atom. The first-order valence-corrected chi connectivity index (χ1v) is 9.81. The Kier molecular flexibility index (Phi) is 7.16. The molecule has 168 valence electrons. The molecule has 2 N–H and O–H groups in total. The van der Waals surface area contributed by atoms with Gasteiger partial charge < -0.3 is 15.0 Å². The first-order chi connectivity index (χ1) is 14.8. The van der Waals surface area contributed by atoms with Gasteiger partial charge in [-0.2, -0.15) is 18.3 Å². The molecule has 1 fully saturated rings. The lowest BCUT2D eigenvalue weighted by molar-refractivity contribution is -0.137. The average Bonchev–Trinajstić information content (AvgIpc) is 3.34. The molecule has 2 aromatic rings. The first kappa shape index (κ1) is 22.6. The minimum absolute atomic E-state index is 0.0792. The van der Waals surface area contributed by atoms with Crippen LogP contribution in [0.1, 0.15) is 30.0 Å². The van der Waals surface area contributed by atoms with Crippen LogP contribution in [0.5, 0.6) is 0 Å². The van der Waals surface area contributed by atoms with E-state index in [1.165, 1.54) is 12.1 Å². The number of alkyl halides is 3. The number of halogens is 3. The molecule has 1 aromatic heterocycles. The fraction of sp³-hybridized carbons (Fsp3) is 0.450. The van der Waals surface area contributed by atoms with Gasteiger partial charge in [0, 0.05) is 38.9 Å². The Morgan fingerprint density at radius 1 is 1.32 bits per heavy atom. The topological polar surface area (TPSA) is 88.5 Å². The van der Waals surface area contributed by atoms with Gasteiger partial charge in [-0.1, -0.05) is 12.1 Å². The van der Waals surface area contributed by atoms with Gasteiger partial charge >= 0.3 is 12.2 Å². The number of ether oxygens (including phenoxy) is 1. The fourth-order valence-corrected chi connectivity index (χ4v) is 3.33. The van der Waals surface area contributed by atoms with Crippen molar-refractivity contribution in [3.05, 3.63) is 47.7 Å². The van der Waals surface area contributed by atoms with Crippen LogP contribution in [0.4, 0.5) is 23.8 Å². The van der Waals surface area contributed by atoms with Crippen molar-refractivity contribution >= 4 is 17.8 Å². The molecule has 1 saturated heterocycles. The van der Waals surface area contributed by atoms with E-state index in [0.717, 1.165) is 12.1 Å². The molecule has 1 aliphatic rings. The van der Waals surface area contributed by atoms with Crippen LogP contribution in [0.2, 0.25) is 0 Å². The zero-order chi connectivity index (χ0) is 22.4. The Labute approximate surface area is 177 Å². The van der Waals surface area contributed by atoms with E-state index in [0.29, 0.717) is 32.5 Å². The summed E-state index contributed by atoms with van der Waals surface area (Å²) in [7, 11) is 1.56. The van der Waals surface area contributed by atoms with Gasteiger partial charge in [0.1, 0.15) is 0 Å². The van der Waals surface area contributed by atoms with Gasteiger partial charge in [-0.25, -0.2) is 4.79 Å². The molecule has 1 atom stereocenters. The Hall–Kier alpha value is -3.08. The molecule has 31 heavy (non-hydrogen) atoms. The molecule has 0 aliphatic carbocycles. The van der Waals surface area contributed by atoms with Gasteiger partial charge in [0.25, 0.3) is 0 Å². The number of rotatable bonds is 8. The summed E-state index contributed by atoms with van der Waals surface area (Å²) in [5, 5.41) is 9.43. The summed E-state index contributed by atoms with van der Waals surface area (Å²) in [6, 6.07) is 4.89. The Balaban J connectivity index is 1.74. The van der Waals surface area contributed by atoms with E-state index in [9.17, 15) is 22.8 Å². The van der Waals surface area contributed by atoms with Crippen molar-refractivity contribution in [3.63, 3.8) is 0 Å². The van der Waals surface area contributed by atoms with Crippen LogP contribution < -0.4 is 10.6 Å². The monoisotopic (exact) mass is 439 g/mol. The maximum absolute atomic E-state index is 13.2. The minimum atomic E-state index is -4.51. The number of anilines is 1. The van der Waals surface area contributed by atoms with Crippen LogP contribution in [0.25, 0.3) is 0 Å². The summed E-state index contributed by atoms with van der Waals surface area (Å²) in [4.78, 5) is 26.1. The number of benzene rings is 1. The van der Waals surface area contributed by atoms with E-state index < -0.39 is 23.8 Å². The lowest BCUT2D eigenvalue weighted by atomic mass is 10.0. The van der Waals surface area contributed by atoms with Gasteiger partial charge in [0.05, 0.1) is 24.8 Å². The first-order valence-electron chi connectivity index (χ1n) is 9.81. The van der Waals surface area contributed by atoms with Crippen LogP contribution in [0.3, 0.4) is 0 Å². The number of nitrogens with one attached hydrogen (secondary N) is 2. The molecule has 0 saturated carbocycles. The highest BCUT2D eigenvalue weighted by Gasteiger charge is 2.32. The minimum Gasteiger partial charge on any atom is -0.383 e. The summed E-state index contributed by atoms with van der Waals surface area (Å²) in [6.45, 7) is 1.54. The molecule has 2 heterocycles. The fourth-order valence-electron chi connectivity index (χ4n) is 3.33. The van der Waals surface area contributed by atoms with Gasteiger partial charge in [-0.05, 0) is 24.1 Å². The number of nitrogens with zero attached hydrogens (tertiary/aromatic N) is 3. The second-order valence-electron chi connectivity index (χ2n) is 7.17. The molecular formula is C20H24F3N5O3. The van der Waals surface area contributed by atoms with Gasteiger partial charge in [-0.15, -0.1) is 0 Å². The Bertz CT molecular complexity index is 915. The molecule has 1 unspecified atom stereocenters. The third-order valence-electron chi connectivity index (χ3n) is 4.90. The van der Waals surface area contributed by atoms with Crippen LogP contribution in [0, 0.1) is 0 Å². The highest BCUT2D eigenvalue weighted by molar-refractivity contribution is 5.88. The third kappa shape index (κ3) is 6.20. The van der Waals surface area contributed by atoms with Crippen LogP contribution in [-0.4, -0.2) is 53.4 Å². The molecule has 11 heteroatoms. The molecule has 8 nitrogen and oxygen atoms in total. The van der Waals surface area contributed by atoms with Crippen LogP contribution in [0.15, 0.2) is 36.5 Å². The molecule has 0 bridgehead atoms. The van der Waals surface area contributed by atoms with Crippen molar-refractivity contribution in [2.24, 2.45) is 0 Å². The van der Waals surface area contributed by atoms with Crippen LogP contribution in [-0.2, 0) is 22.3 Å². The molecule has 3 amide bonds. The SMILES string of the molecule is COCCn1ccc(NC(=O)NC(CN2CCCC2=O)c2cccc(C(F)(F)F)c2)n1. The maximum atomic E-state index is 13.2. The predicted molar refractivity (Wildman–Crippen MR) is 106 cm³/mol. The summed E-state index contributed by atoms with van der Waals surface area (Å²) in [5.74, 6) is 0.199. The summed E-state index contributed by atoms with van der Waals surface area (Å²) in [5.41, 5.74) is -0.558. The molecule has 1 aromatic carbocycles. The molecular weight excluding hydrogens is 415 g/mol. The Morgan fingerprint density at radius 2 is 2.13 bits per heavy atom. The summed E-state index contributed by atoms with van der Waals surface area (Å²) >= 11 is 0. The largest absolute Gasteiger partial charge is 0.416 e. The quantitative estimate of drug-likeness (QED) is 0.662. The van der Waals surface area contributed by atoms with E-state index in [1.807, 2.05) is 0 Å². The van der Waals surface area contributed by atoms with E-state index in [-0.39, 0.29) is 23.8 Å². The number of urea groups is 1. The number of hydrogen-bond donors (Lipinski definition) is 2. The second kappa shape index (κ2) is 9.82. The lowest BCUT2D eigenvalue weighted by Crippen LogP contribution is -2.40. The zero-order valence-corrected chi connectivity index (χ0v) is 17.0. The van der Waals surface area contributed by atoms with E-state index in [4.69, 9.17) is 4.74 Å². The van der Waals surface area contributed by atoms with E-state index >= 15 is 0 Å². The average molecular weight is 439 g/mol. The van der Waals surface area contributed by atoms with Crippen molar-refractivity contribution in [2.45, 2.75) is 31.6 Å². The van der Waals surface area contributed by atoms with Crippen LogP contribution >= 0.6 is 0 Å². The van der Waals surface area contributed by atoms with Crippen molar-refractivity contribution < 1.29 is 27.5 Å². The zero-order valence-electron chi connectivity index (χ0n) is 17.0. The number of likely N-dealkylation sites (tertiary alicyclic amines) is 1. The van der Waals surface area contributed by atoms with E-state index in [2.05, 4.69) is 15.7 Å². The normalized spacial score (nSPS) is 15.2. The predicted octanol–water partition coefficient (Wildman–Crippen LogP) is 3.03. The van der Waals surface area contributed by atoms with Crippen molar-refractivity contribution in [1.82, 2.24) is 20.0 Å². The summed E-state index contributed by atoms with van der Waals surface area (Å²) < 4.78 is 46.0. The van der Waals surface area contributed by atoms with Gasteiger partial charge in [0.15, 0.2) is 5.82 Å². The molecule has 1 aliphatic heterocycles. The number of aromatic nitrogens is 2.